The van der Waals surface area contributed by atoms with Gasteiger partial charge in [-0.1, -0.05) is 18.2 Å². The molecule has 2 heterocycles. The second kappa shape index (κ2) is 7.15. The molecule has 0 spiro atoms. The first-order chi connectivity index (χ1) is 12.7. The summed E-state index contributed by atoms with van der Waals surface area (Å²) in [6, 6.07) is 12.9. The van der Waals surface area contributed by atoms with Crippen molar-refractivity contribution in [3.8, 4) is 0 Å². The number of rotatable bonds is 3. The Morgan fingerprint density at radius 2 is 1.85 bits per heavy atom. The maximum absolute atomic E-state index is 12.0. The van der Waals surface area contributed by atoms with E-state index < -0.39 is 18.1 Å². The standard InChI is InChI=1S/C19H18N2O5/c22-18(19(23)21-26-17-7-3-4-10-24-17)20-12-8-9-14-13-5-1-2-6-15(13)25-16(14)11-12/h1-2,5-6,8-9,11,17H,3-4,7,10H2,(H,20,22)(H,21,23)/t17-/m1/s1. The van der Waals surface area contributed by atoms with E-state index in [-0.39, 0.29) is 0 Å². The van der Waals surface area contributed by atoms with Crippen LogP contribution in [0.5, 0.6) is 0 Å². The van der Waals surface area contributed by atoms with Gasteiger partial charge in [-0.05, 0) is 31.0 Å². The first kappa shape index (κ1) is 16.6. The van der Waals surface area contributed by atoms with E-state index in [0.29, 0.717) is 24.3 Å². The fraction of sp³-hybridized carbons (Fsp3) is 0.263. The molecule has 1 fully saturated rings. The molecule has 7 nitrogen and oxygen atoms in total. The number of hydrogen-bond acceptors (Lipinski definition) is 5. The van der Waals surface area contributed by atoms with Gasteiger partial charge in [0.05, 0.1) is 0 Å². The highest BCUT2D eigenvalue weighted by atomic mass is 16.8. The Labute approximate surface area is 149 Å². The molecule has 2 aromatic carbocycles. The molecule has 2 N–H and O–H groups in total. The minimum Gasteiger partial charge on any atom is -0.456 e. The molecule has 2 amide bonds. The molecule has 0 radical (unpaired) electrons. The summed E-state index contributed by atoms with van der Waals surface area (Å²) in [6.45, 7) is 0.588. The van der Waals surface area contributed by atoms with E-state index in [4.69, 9.17) is 14.0 Å². The summed E-state index contributed by atoms with van der Waals surface area (Å²) < 4.78 is 11.1. The van der Waals surface area contributed by atoms with Crippen molar-refractivity contribution in [1.29, 1.82) is 0 Å². The molecule has 3 aromatic rings. The summed E-state index contributed by atoms with van der Waals surface area (Å²) in [7, 11) is 0. The van der Waals surface area contributed by atoms with Crippen LogP contribution < -0.4 is 10.8 Å². The first-order valence-corrected chi connectivity index (χ1v) is 8.50. The number of fused-ring (bicyclic) bond motifs is 3. The lowest BCUT2D eigenvalue weighted by Gasteiger charge is -2.21. The fourth-order valence-electron chi connectivity index (χ4n) is 2.96. The molecule has 134 valence electrons. The van der Waals surface area contributed by atoms with Crippen molar-refractivity contribution in [1.82, 2.24) is 5.48 Å². The molecular formula is C19H18N2O5. The van der Waals surface area contributed by atoms with Gasteiger partial charge in [0.2, 0.25) is 0 Å². The van der Waals surface area contributed by atoms with Crippen molar-refractivity contribution in [2.75, 3.05) is 11.9 Å². The lowest BCUT2D eigenvalue weighted by Crippen LogP contribution is -2.39. The van der Waals surface area contributed by atoms with Gasteiger partial charge in [-0.3, -0.25) is 9.59 Å². The van der Waals surface area contributed by atoms with Crippen LogP contribution >= 0.6 is 0 Å². The SMILES string of the molecule is O=C(NO[C@@H]1CCCCO1)C(=O)Nc1ccc2c(c1)oc1ccccc12. The minimum absolute atomic E-state index is 0.464. The Morgan fingerprint density at radius 1 is 1.00 bits per heavy atom. The number of para-hydroxylation sites is 1. The predicted octanol–water partition coefficient (Wildman–Crippen LogP) is 3.10. The fourth-order valence-corrected chi connectivity index (χ4v) is 2.96. The number of nitrogens with one attached hydrogen (secondary N) is 2. The number of benzene rings is 2. The van der Waals surface area contributed by atoms with Crippen LogP contribution in [0, 0.1) is 0 Å². The van der Waals surface area contributed by atoms with E-state index in [1.54, 1.807) is 12.1 Å². The monoisotopic (exact) mass is 354 g/mol. The molecule has 1 aliphatic heterocycles. The normalized spacial score (nSPS) is 17.3. The molecule has 1 aromatic heterocycles. The molecule has 4 rings (SSSR count). The van der Waals surface area contributed by atoms with Gasteiger partial charge in [0, 0.05) is 35.6 Å². The molecule has 26 heavy (non-hydrogen) atoms. The average molecular weight is 354 g/mol. The van der Waals surface area contributed by atoms with E-state index in [1.165, 1.54) is 0 Å². The molecule has 0 saturated carbocycles. The number of amides is 2. The number of furan rings is 1. The third-order valence-corrected chi connectivity index (χ3v) is 4.26. The van der Waals surface area contributed by atoms with Gasteiger partial charge in [0.15, 0.2) is 6.29 Å². The van der Waals surface area contributed by atoms with Crippen LogP contribution in [-0.2, 0) is 19.2 Å². The largest absolute Gasteiger partial charge is 0.456 e. The smallest absolute Gasteiger partial charge is 0.333 e. The summed E-state index contributed by atoms with van der Waals surface area (Å²) in [5.41, 5.74) is 4.00. The lowest BCUT2D eigenvalue weighted by molar-refractivity contribution is -0.200. The van der Waals surface area contributed by atoms with Gasteiger partial charge in [-0.2, -0.15) is 0 Å². The number of anilines is 1. The molecule has 0 unspecified atom stereocenters. The Hall–Kier alpha value is -2.90. The van der Waals surface area contributed by atoms with Crippen LogP contribution in [0.2, 0.25) is 0 Å². The van der Waals surface area contributed by atoms with Crippen LogP contribution in [0.3, 0.4) is 0 Å². The van der Waals surface area contributed by atoms with Crippen LogP contribution in [0.4, 0.5) is 5.69 Å². The van der Waals surface area contributed by atoms with Gasteiger partial charge in [-0.25, -0.2) is 10.3 Å². The van der Waals surface area contributed by atoms with E-state index in [0.717, 1.165) is 29.2 Å². The Bertz CT molecular complexity index is 959. The maximum Gasteiger partial charge on any atom is 0.333 e. The highest BCUT2D eigenvalue weighted by Gasteiger charge is 2.19. The summed E-state index contributed by atoms with van der Waals surface area (Å²) >= 11 is 0. The Morgan fingerprint density at radius 3 is 2.69 bits per heavy atom. The quantitative estimate of drug-likeness (QED) is 0.557. The molecular weight excluding hydrogens is 336 g/mol. The number of hydroxylamine groups is 1. The molecule has 0 bridgehead atoms. The van der Waals surface area contributed by atoms with E-state index in [1.807, 2.05) is 30.3 Å². The van der Waals surface area contributed by atoms with Gasteiger partial charge in [-0.15, -0.1) is 0 Å². The van der Waals surface area contributed by atoms with Crippen molar-refractivity contribution in [2.24, 2.45) is 0 Å². The van der Waals surface area contributed by atoms with Gasteiger partial charge < -0.3 is 14.5 Å². The van der Waals surface area contributed by atoms with Crippen molar-refractivity contribution in [3.05, 3.63) is 42.5 Å². The maximum atomic E-state index is 12.0. The first-order valence-electron chi connectivity index (χ1n) is 8.50. The number of ether oxygens (including phenoxy) is 1. The van der Waals surface area contributed by atoms with Crippen LogP contribution in [0.25, 0.3) is 21.9 Å². The number of hydrogen-bond donors (Lipinski definition) is 2. The zero-order valence-corrected chi connectivity index (χ0v) is 14.0. The topological polar surface area (TPSA) is 89.8 Å². The van der Waals surface area contributed by atoms with Gasteiger partial charge in [0.25, 0.3) is 0 Å². The lowest BCUT2D eigenvalue weighted by atomic mass is 10.1. The summed E-state index contributed by atoms with van der Waals surface area (Å²) in [6.07, 6.45) is 2.11. The van der Waals surface area contributed by atoms with Crippen molar-refractivity contribution in [2.45, 2.75) is 25.6 Å². The van der Waals surface area contributed by atoms with E-state index in [9.17, 15) is 9.59 Å². The van der Waals surface area contributed by atoms with E-state index in [2.05, 4.69) is 10.8 Å². The Kier molecular flexibility index (Phi) is 4.55. The average Bonchev–Trinajstić information content (AvgIpc) is 3.04. The molecule has 0 aliphatic carbocycles. The summed E-state index contributed by atoms with van der Waals surface area (Å²) in [5, 5.41) is 4.48. The van der Waals surface area contributed by atoms with Crippen molar-refractivity contribution in [3.63, 3.8) is 0 Å². The number of carbonyl (C=O) groups is 2. The molecule has 1 saturated heterocycles. The second-order valence-corrected chi connectivity index (χ2v) is 6.11. The van der Waals surface area contributed by atoms with Crippen molar-refractivity contribution >= 4 is 39.4 Å². The Balaban J connectivity index is 1.41. The third kappa shape index (κ3) is 3.40. The zero-order valence-electron chi connectivity index (χ0n) is 14.0. The van der Waals surface area contributed by atoms with Crippen LogP contribution in [0.1, 0.15) is 19.3 Å². The van der Waals surface area contributed by atoms with Crippen molar-refractivity contribution < 1.29 is 23.6 Å². The van der Waals surface area contributed by atoms with Crippen LogP contribution in [0.15, 0.2) is 46.9 Å². The predicted molar refractivity (Wildman–Crippen MR) is 95.2 cm³/mol. The summed E-state index contributed by atoms with van der Waals surface area (Å²) in [4.78, 5) is 29.0. The molecule has 1 atom stereocenters. The third-order valence-electron chi connectivity index (χ3n) is 4.26. The van der Waals surface area contributed by atoms with E-state index >= 15 is 0 Å². The number of carbonyl (C=O) groups excluding carboxylic acids is 2. The highest BCUT2D eigenvalue weighted by molar-refractivity contribution is 6.39. The minimum atomic E-state index is -0.885. The van der Waals surface area contributed by atoms with Gasteiger partial charge in [0.1, 0.15) is 11.2 Å². The van der Waals surface area contributed by atoms with Gasteiger partial charge >= 0.3 is 11.8 Å². The highest BCUT2D eigenvalue weighted by Crippen LogP contribution is 2.30. The van der Waals surface area contributed by atoms with Crippen LogP contribution in [-0.4, -0.2) is 24.7 Å². The second-order valence-electron chi connectivity index (χ2n) is 6.11. The molecule has 1 aliphatic rings. The summed E-state index contributed by atoms with van der Waals surface area (Å²) in [5.74, 6) is -1.71. The molecule has 7 heteroatoms. The zero-order chi connectivity index (χ0) is 17.9.